The van der Waals surface area contributed by atoms with Crippen molar-refractivity contribution in [2.45, 2.75) is 51.2 Å². The van der Waals surface area contributed by atoms with Gasteiger partial charge < -0.3 is 10.1 Å². The molecule has 0 amide bonds. The molecule has 0 radical (unpaired) electrons. The van der Waals surface area contributed by atoms with Crippen molar-refractivity contribution in [2.24, 2.45) is 0 Å². The first kappa shape index (κ1) is 13.6. The zero-order chi connectivity index (χ0) is 12.8. The third-order valence-corrected chi connectivity index (χ3v) is 4.00. The van der Waals surface area contributed by atoms with E-state index in [0.717, 1.165) is 26.0 Å². The van der Waals surface area contributed by atoms with E-state index in [2.05, 4.69) is 49.5 Å². The summed E-state index contributed by atoms with van der Waals surface area (Å²) < 4.78 is 5.98. The number of nitrogens with one attached hydrogen (secondary N) is 1. The number of rotatable bonds is 6. The lowest BCUT2D eigenvalue weighted by atomic mass is 9.88. The average Bonchev–Trinajstić information content (AvgIpc) is 2.84. The van der Waals surface area contributed by atoms with Crippen LogP contribution in [0.4, 0.5) is 0 Å². The molecule has 1 saturated heterocycles. The van der Waals surface area contributed by atoms with Gasteiger partial charge in [-0.15, -0.1) is 0 Å². The van der Waals surface area contributed by atoms with Crippen LogP contribution in [0.5, 0.6) is 0 Å². The second-order valence-electron chi connectivity index (χ2n) is 5.40. The average molecular weight is 247 g/mol. The Hall–Kier alpha value is -0.860. The summed E-state index contributed by atoms with van der Waals surface area (Å²) in [7, 11) is 0. The van der Waals surface area contributed by atoms with Gasteiger partial charge in [0.1, 0.15) is 0 Å². The predicted molar refractivity (Wildman–Crippen MR) is 75.8 cm³/mol. The monoisotopic (exact) mass is 247 g/mol. The van der Waals surface area contributed by atoms with Gasteiger partial charge in [0.25, 0.3) is 0 Å². The summed E-state index contributed by atoms with van der Waals surface area (Å²) in [6.07, 6.45) is 4.65. The number of hydrogen-bond acceptors (Lipinski definition) is 2. The van der Waals surface area contributed by atoms with Gasteiger partial charge in [-0.05, 0) is 44.7 Å². The van der Waals surface area contributed by atoms with Gasteiger partial charge in [-0.3, -0.25) is 0 Å². The summed E-state index contributed by atoms with van der Waals surface area (Å²) in [6, 6.07) is 11.2. The maximum Gasteiger partial charge on any atom is 0.0807 e. The van der Waals surface area contributed by atoms with Gasteiger partial charge >= 0.3 is 0 Å². The predicted octanol–water partition coefficient (Wildman–Crippen LogP) is 3.17. The van der Waals surface area contributed by atoms with Gasteiger partial charge in [-0.1, -0.05) is 37.3 Å². The number of benzene rings is 1. The summed E-state index contributed by atoms with van der Waals surface area (Å²) in [5.41, 5.74) is 1.45. The molecule has 2 rings (SSSR count). The molecule has 1 N–H and O–H groups in total. The topological polar surface area (TPSA) is 21.3 Å². The van der Waals surface area contributed by atoms with E-state index in [0.29, 0.717) is 6.04 Å². The Morgan fingerprint density at radius 3 is 2.72 bits per heavy atom. The minimum atomic E-state index is 0.0325. The third-order valence-electron chi connectivity index (χ3n) is 4.00. The fraction of sp³-hybridized carbons (Fsp3) is 0.625. The zero-order valence-electron chi connectivity index (χ0n) is 11.6. The first-order chi connectivity index (χ1) is 8.74. The molecule has 1 fully saturated rings. The van der Waals surface area contributed by atoms with E-state index in [4.69, 9.17) is 4.74 Å². The van der Waals surface area contributed by atoms with Crippen LogP contribution in [0, 0.1) is 0 Å². The first-order valence-electron chi connectivity index (χ1n) is 7.16. The van der Waals surface area contributed by atoms with Crippen LogP contribution in [-0.2, 0) is 11.2 Å². The Bertz CT molecular complexity index is 343. The zero-order valence-corrected chi connectivity index (χ0v) is 11.6. The van der Waals surface area contributed by atoms with Crippen LogP contribution >= 0.6 is 0 Å². The maximum absolute atomic E-state index is 5.98. The Morgan fingerprint density at radius 1 is 1.33 bits per heavy atom. The summed E-state index contributed by atoms with van der Waals surface area (Å²) in [5, 5.41) is 3.61. The molecule has 0 spiro atoms. The Labute approximate surface area is 111 Å². The first-order valence-corrected chi connectivity index (χ1v) is 7.16. The van der Waals surface area contributed by atoms with Crippen LogP contribution < -0.4 is 5.32 Å². The van der Waals surface area contributed by atoms with E-state index in [1.54, 1.807) is 0 Å². The molecule has 2 atom stereocenters. The highest BCUT2D eigenvalue weighted by atomic mass is 16.5. The SMILES string of the molecule is CCNC(CCc1ccccc1)C1(C)CCCO1. The normalized spacial score (nSPS) is 25.2. The van der Waals surface area contributed by atoms with Crippen LogP contribution in [0.25, 0.3) is 0 Å². The molecule has 1 aromatic carbocycles. The van der Waals surface area contributed by atoms with Gasteiger partial charge in [0.05, 0.1) is 5.60 Å². The van der Waals surface area contributed by atoms with Crippen molar-refractivity contribution in [1.82, 2.24) is 5.32 Å². The van der Waals surface area contributed by atoms with Crippen molar-refractivity contribution >= 4 is 0 Å². The fourth-order valence-electron chi connectivity index (χ4n) is 2.90. The number of ether oxygens (including phenoxy) is 1. The smallest absolute Gasteiger partial charge is 0.0807 e. The van der Waals surface area contributed by atoms with Crippen molar-refractivity contribution in [1.29, 1.82) is 0 Å². The number of aryl methyl sites for hydroxylation is 1. The molecular formula is C16H25NO. The number of hydrogen-bond donors (Lipinski definition) is 1. The second kappa shape index (κ2) is 6.35. The molecule has 2 unspecified atom stereocenters. The molecule has 2 heteroatoms. The highest BCUT2D eigenvalue weighted by Gasteiger charge is 2.37. The molecule has 1 aromatic rings. The fourth-order valence-corrected chi connectivity index (χ4v) is 2.90. The molecule has 0 saturated carbocycles. The van der Waals surface area contributed by atoms with Gasteiger partial charge in [-0.2, -0.15) is 0 Å². The van der Waals surface area contributed by atoms with Crippen molar-refractivity contribution in [2.75, 3.05) is 13.2 Å². The van der Waals surface area contributed by atoms with E-state index in [9.17, 15) is 0 Å². The molecule has 18 heavy (non-hydrogen) atoms. The van der Waals surface area contributed by atoms with Crippen LogP contribution in [0.2, 0.25) is 0 Å². The molecule has 1 heterocycles. The molecular weight excluding hydrogens is 222 g/mol. The Kier molecular flexibility index (Phi) is 4.79. The highest BCUT2D eigenvalue weighted by Crippen LogP contribution is 2.30. The van der Waals surface area contributed by atoms with Crippen molar-refractivity contribution < 1.29 is 4.74 Å². The van der Waals surface area contributed by atoms with E-state index in [1.165, 1.54) is 18.4 Å². The summed E-state index contributed by atoms with van der Waals surface area (Å²) in [5.74, 6) is 0. The lowest BCUT2D eigenvalue weighted by Gasteiger charge is -2.34. The summed E-state index contributed by atoms with van der Waals surface area (Å²) in [4.78, 5) is 0. The van der Waals surface area contributed by atoms with E-state index >= 15 is 0 Å². The van der Waals surface area contributed by atoms with Gasteiger partial charge in [0.15, 0.2) is 0 Å². The van der Waals surface area contributed by atoms with Gasteiger partial charge in [-0.25, -0.2) is 0 Å². The van der Waals surface area contributed by atoms with Crippen LogP contribution in [-0.4, -0.2) is 24.8 Å². The second-order valence-corrected chi connectivity index (χ2v) is 5.40. The Morgan fingerprint density at radius 2 is 2.11 bits per heavy atom. The standard InChI is InChI=1S/C16H25NO/c1-3-17-15(16(2)12-7-13-18-16)11-10-14-8-5-4-6-9-14/h4-6,8-9,15,17H,3,7,10-13H2,1-2H3. The van der Waals surface area contributed by atoms with Crippen LogP contribution in [0.15, 0.2) is 30.3 Å². The molecule has 0 bridgehead atoms. The lowest BCUT2D eigenvalue weighted by molar-refractivity contribution is -0.0133. The summed E-state index contributed by atoms with van der Waals surface area (Å²) in [6.45, 7) is 6.37. The van der Waals surface area contributed by atoms with E-state index in [-0.39, 0.29) is 5.60 Å². The largest absolute Gasteiger partial charge is 0.374 e. The molecule has 1 aliphatic heterocycles. The summed E-state index contributed by atoms with van der Waals surface area (Å²) >= 11 is 0. The molecule has 0 aromatic heterocycles. The molecule has 100 valence electrons. The van der Waals surface area contributed by atoms with Gasteiger partial charge in [0, 0.05) is 12.6 Å². The third kappa shape index (κ3) is 3.33. The van der Waals surface area contributed by atoms with Gasteiger partial charge in [0.2, 0.25) is 0 Å². The van der Waals surface area contributed by atoms with Crippen molar-refractivity contribution in [3.05, 3.63) is 35.9 Å². The number of likely N-dealkylation sites (N-methyl/N-ethyl adjacent to an activating group) is 1. The Balaban J connectivity index is 1.94. The molecule has 1 aliphatic rings. The van der Waals surface area contributed by atoms with E-state index < -0.39 is 0 Å². The van der Waals surface area contributed by atoms with Crippen molar-refractivity contribution in [3.8, 4) is 0 Å². The van der Waals surface area contributed by atoms with E-state index in [1.807, 2.05) is 0 Å². The highest BCUT2D eigenvalue weighted by molar-refractivity contribution is 5.15. The van der Waals surface area contributed by atoms with Crippen molar-refractivity contribution in [3.63, 3.8) is 0 Å². The quantitative estimate of drug-likeness (QED) is 0.833. The van der Waals surface area contributed by atoms with Crippen LogP contribution in [0.1, 0.15) is 38.7 Å². The molecule has 2 nitrogen and oxygen atoms in total. The minimum Gasteiger partial charge on any atom is -0.374 e. The van der Waals surface area contributed by atoms with Crippen LogP contribution in [0.3, 0.4) is 0 Å². The lowest BCUT2D eigenvalue weighted by Crippen LogP contribution is -2.48. The maximum atomic E-state index is 5.98. The minimum absolute atomic E-state index is 0.0325. The molecule has 0 aliphatic carbocycles.